The molecule has 0 saturated carbocycles. The average molecular weight is 284 g/mol. The van der Waals surface area contributed by atoms with Crippen LogP contribution in [0.1, 0.15) is 5.56 Å². The lowest BCUT2D eigenvalue weighted by Crippen LogP contribution is -2.49. The van der Waals surface area contributed by atoms with Gasteiger partial charge in [0, 0.05) is 32.7 Å². The van der Waals surface area contributed by atoms with Gasteiger partial charge in [-0.15, -0.1) is 0 Å². The van der Waals surface area contributed by atoms with E-state index < -0.39 is 10.0 Å². The fourth-order valence-corrected chi connectivity index (χ4v) is 3.97. The van der Waals surface area contributed by atoms with E-state index in [1.807, 2.05) is 19.1 Å². The number of aliphatic hydroxyl groups excluding tert-OH is 1. The minimum absolute atomic E-state index is 0.116. The number of aliphatic hydroxyl groups is 1. The highest BCUT2D eigenvalue weighted by Crippen LogP contribution is 2.20. The number of sulfonamides is 1. The van der Waals surface area contributed by atoms with Crippen molar-refractivity contribution in [2.45, 2.75) is 11.8 Å². The molecule has 1 N–H and O–H groups in total. The largest absolute Gasteiger partial charge is 0.395 e. The van der Waals surface area contributed by atoms with Gasteiger partial charge in [0.1, 0.15) is 0 Å². The molecule has 0 spiro atoms. The standard InChI is InChI=1S/C13H20N2O3S/c1-12-4-2-3-5-13(12)19(17,18)15-8-6-14(7-9-15)10-11-16/h2-5,16H,6-11H2,1H3. The number of hydrogen-bond acceptors (Lipinski definition) is 4. The maximum Gasteiger partial charge on any atom is 0.243 e. The van der Waals surface area contributed by atoms with Gasteiger partial charge in [-0.3, -0.25) is 4.90 Å². The maximum atomic E-state index is 12.5. The zero-order valence-electron chi connectivity index (χ0n) is 11.1. The summed E-state index contributed by atoms with van der Waals surface area (Å²) in [4.78, 5) is 2.47. The Morgan fingerprint density at radius 2 is 1.79 bits per heavy atom. The molecule has 1 aliphatic rings. The SMILES string of the molecule is Cc1ccccc1S(=O)(=O)N1CCN(CCO)CC1. The molecule has 1 fully saturated rings. The number of nitrogens with zero attached hydrogens (tertiary/aromatic N) is 2. The summed E-state index contributed by atoms with van der Waals surface area (Å²) in [5, 5.41) is 8.89. The van der Waals surface area contributed by atoms with E-state index in [4.69, 9.17) is 5.11 Å². The summed E-state index contributed by atoms with van der Waals surface area (Å²) in [6.07, 6.45) is 0. The Morgan fingerprint density at radius 3 is 2.37 bits per heavy atom. The van der Waals surface area contributed by atoms with Crippen molar-refractivity contribution in [1.29, 1.82) is 0 Å². The van der Waals surface area contributed by atoms with Crippen molar-refractivity contribution in [3.05, 3.63) is 29.8 Å². The monoisotopic (exact) mass is 284 g/mol. The molecule has 1 saturated heterocycles. The second-order valence-electron chi connectivity index (χ2n) is 4.73. The van der Waals surface area contributed by atoms with Gasteiger partial charge in [0.2, 0.25) is 10.0 Å². The molecule has 1 aliphatic heterocycles. The van der Waals surface area contributed by atoms with Gasteiger partial charge in [0.25, 0.3) is 0 Å². The van der Waals surface area contributed by atoms with Crippen LogP contribution in [0.15, 0.2) is 29.2 Å². The van der Waals surface area contributed by atoms with Gasteiger partial charge in [0.15, 0.2) is 0 Å². The number of hydrogen-bond donors (Lipinski definition) is 1. The molecule has 6 heteroatoms. The molecule has 0 unspecified atom stereocenters. The molecule has 0 atom stereocenters. The zero-order chi connectivity index (χ0) is 13.9. The summed E-state index contributed by atoms with van der Waals surface area (Å²) >= 11 is 0. The smallest absolute Gasteiger partial charge is 0.243 e. The minimum Gasteiger partial charge on any atom is -0.395 e. The van der Waals surface area contributed by atoms with Gasteiger partial charge < -0.3 is 5.11 Å². The minimum atomic E-state index is -3.39. The van der Waals surface area contributed by atoms with Gasteiger partial charge in [-0.2, -0.15) is 4.31 Å². The number of benzene rings is 1. The van der Waals surface area contributed by atoms with Gasteiger partial charge >= 0.3 is 0 Å². The van der Waals surface area contributed by atoms with Crippen molar-refractivity contribution in [2.24, 2.45) is 0 Å². The fraction of sp³-hybridized carbons (Fsp3) is 0.538. The molecule has 0 aromatic heterocycles. The number of piperazine rings is 1. The van der Waals surface area contributed by atoms with Crippen LogP contribution in [0.2, 0.25) is 0 Å². The molecule has 5 nitrogen and oxygen atoms in total. The topological polar surface area (TPSA) is 60.9 Å². The molecule has 0 radical (unpaired) electrons. The molecular weight excluding hydrogens is 264 g/mol. The third-order valence-corrected chi connectivity index (χ3v) is 5.52. The van der Waals surface area contributed by atoms with Crippen LogP contribution in [0.25, 0.3) is 0 Å². The molecule has 1 aromatic rings. The van der Waals surface area contributed by atoms with E-state index in [9.17, 15) is 8.42 Å². The van der Waals surface area contributed by atoms with Crippen LogP contribution in [0.5, 0.6) is 0 Å². The number of rotatable bonds is 4. The van der Waals surface area contributed by atoms with Crippen molar-refractivity contribution in [3.63, 3.8) is 0 Å². The molecule has 106 valence electrons. The zero-order valence-corrected chi connectivity index (χ0v) is 11.9. The first-order chi connectivity index (χ1) is 9.05. The summed E-state index contributed by atoms with van der Waals surface area (Å²) in [6, 6.07) is 7.06. The van der Waals surface area contributed by atoms with Crippen LogP contribution in [-0.4, -0.2) is 62.1 Å². The van der Waals surface area contributed by atoms with E-state index in [0.717, 1.165) is 5.56 Å². The van der Waals surface area contributed by atoms with E-state index in [-0.39, 0.29) is 6.61 Å². The van der Waals surface area contributed by atoms with E-state index in [0.29, 0.717) is 37.6 Å². The highest BCUT2D eigenvalue weighted by atomic mass is 32.2. The van der Waals surface area contributed by atoms with Crippen molar-refractivity contribution in [3.8, 4) is 0 Å². The van der Waals surface area contributed by atoms with Crippen LogP contribution in [0, 0.1) is 6.92 Å². The maximum absolute atomic E-state index is 12.5. The first-order valence-electron chi connectivity index (χ1n) is 6.44. The van der Waals surface area contributed by atoms with Crippen LogP contribution in [0.3, 0.4) is 0 Å². The van der Waals surface area contributed by atoms with E-state index in [1.54, 1.807) is 12.1 Å². The highest BCUT2D eigenvalue weighted by molar-refractivity contribution is 7.89. The highest BCUT2D eigenvalue weighted by Gasteiger charge is 2.28. The number of β-amino-alcohol motifs (C(OH)–C–C–N with tert-alkyl or cyclic N) is 1. The summed E-state index contributed by atoms with van der Waals surface area (Å²) < 4.78 is 26.6. The molecule has 2 rings (SSSR count). The molecule has 0 aliphatic carbocycles. The first-order valence-corrected chi connectivity index (χ1v) is 7.88. The lowest BCUT2D eigenvalue weighted by atomic mass is 10.2. The molecule has 19 heavy (non-hydrogen) atoms. The molecular formula is C13H20N2O3S. The van der Waals surface area contributed by atoms with Crippen LogP contribution < -0.4 is 0 Å². The third-order valence-electron chi connectivity index (χ3n) is 3.46. The van der Waals surface area contributed by atoms with E-state index >= 15 is 0 Å². The quantitative estimate of drug-likeness (QED) is 0.863. The Kier molecular flexibility index (Phi) is 4.57. The summed E-state index contributed by atoms with van der Waals surface area (Å²) in [5.74, 6) is 0. The summed E-state index contributed by atoms with van der Waals surface area (Å²) in [5.41, 5.74) is 0.778. The molecule has 1 heterocycles. The Balaban J connectivity index is 2.12. The predicted octanol–water partition coefficient (Wildman–Crippen LogP) is 0.294. The number of aryl methyl sites for hydroxylation is 1. The van der Waals surface area contributed by atoms with Gasteiger partial charge in [0.05, 0.1) is 11.5 Å². The van der Waals surface area contributed by atoms with Gasteiger partial charge in [-0.05, 0) is 18.6 Å². The Labute approximate surface area is 114 Å². The normalized spacial score (nSPS) is 18.6. The molecule has 1 aromatic carbocycles. The summed E-state index contributed by atoms with van der Waals surface area (Å²) in [7, 11) is -3.39. The van der Waals surface area contributed by atoms with E-state index in [2.05, 4.69) is 4.90 Å². The van der Waals surface area contributed by atoms with Crippen molar-refractivity contribution in [2.75, 3.05) is 39.3 Å². The third kappa shape index (κ3) is 3.14. The second kappa shape index (κ2) is 6.00. The van der Waals surface area contributed by atoms with Crippen molar-refractivity contribution in [1.82, 2.24) is 9.21 Å². The Morgan fingerprint density at radius 1 is 1.16 bits per heavy atom. The average Bonchev–Trinajstić information content (AvgIpc) is 2.40. The van der Waals surface area contributed by atoms with Crippen molar-refractivity contribution < 1.29 is 13.5 Å². The lowest BCUT2D eigenvalue weighted by molar-refractivity contribution is 0.151. The van der Waals surface area contributed by atoms with Gasteiger partial charge in [-0.25, -0.2) is 8.42 Å². The second-order valence-corrected chi connectivity index (χ2v) is 6.64. The summed E-state index contributed by atoms with van der Waals surface area (Å²) in [6.45, 7) is 4.85. The lowest BCUT2D eigenvalue weighted by Gasteiger charge is -2.33. The van der Waals surface area contributed by atoms with Crippen LogP contribution in [0.4, 0.5) is 0 Å². The van der Waals surface area contributed by atoms with Crippen LogP contribution in [-0.2, 0) is 10.0 Å². The van der Waals surface area contributed by atoms with E-state index in [1.165, 1.54) is 4.31 Å². The fourth-order valence-electron chi connectivity index (χ4n) is 2.32. The Hall–Kier alpha value is -0.950. The Bertz CT molecular complexity index is 522. The van der Waals surface area contributed by atoms with Crippen molar-refractivity contribution >= 4 is 10.0 Å². The first kappa shape index (κ1) is 14.5. The molecule has 0 bridgehead atoms. The van der Waals surface area contributed by atoms with Crippen LogP contribution >= 0.6 is 0 Å². The van der Waals surface area contributed by atoms with Gasteiger partial charge in [-0.1, -0.05) is 18.2 Å². The predicted molar refractivity (Wildman–Crippen MR) is 73.5 cm³/mol. The molecule has 0 amide bonds.